The number of carbonyl (C=O) groups is 1. The van der Waals surface area contributed by atoms with Gasteiger partial charge in [-0.25, -0.2) is 4.79 Å². The minimum Gasteiger partial charge on any atom is -0.478 e. The molecule has 1 aromatic carbocycles. The van der Waals surface area contributed by atoms with Crippen LogP contribution in [0, 0.1) is 0 Å². The van der Waals surface area contributed by atoms with E-state index in [0.717, 1.165) is 0 Å². The Hall–Kier alpha value is -0.740. The standard InChI is InChI=1S/C8H7BrClNO2/c1-11-7-5(8(12)13)2-4(10)3-6(7)9/h2-3,11H,1H3,(H,12,13). The molecule has 0 atom stereocenters. The average Bonchev–Trinajstić information content (AvgIpc) is 2.02. The highest BCUT2D eigenvalue weighted by molar-refractivity contribution is 9.10. The molecule has 13 heavy (non-hydrogen) atoms. The van der Waals surface area contributed by atoms with E-state index in [1.54, 1.807) is 13.1 Å². The normalized spacial score (nSPS) is 9.77. The fraction of sp³-hybridized carbons (Fsp3) is 0.125. The van der Waals surface area contributed by atoms with Gasteiger partial charge in [-0.1, -0.05) is 11.6 Å². The summed E-state index contributed by atoms with van der Waals surface area (Å²) in [5.41, 5.74) is 0.679. The molecule has 0 heterocycles. The van der Waals surface area contributed by atoms with Gasteiger partial charge in [-0.15, -0.1) is 0 Å². The molecule has 5 heteroatoms. The third-order valence-electron chi connectivity index (χ3n) is 1.54. The van der Waals surface area contributed by atoms with E-state index in [2.05, 4.69) is 21.2 Å². The maximum Gasteiger partial charge on any atom is 0.337 e. The molecule has 0 aliphatic heterocycles. The quantitative estimate of drug-likeness (QED) is 0.863. The van der Waals surface area contributed by atoms with Crippen molar-refractivity contribution < 1.29 is 9.90 Å². The maximum absolute atomic E-state index is 10.8. The molecule has 70 valence electrons. The summed E-state index contributed by atoms with van der Waals surface area (Å²) in [5.74, 6) is -1.01. The summed E-state index contributed by atoms with van der Waals surface area (Å²) in [7, 11) is 1.65. The lowest BCUT2D eigenvalue weighted by atomic mass is 10.2. The first kappa shape index (κ1) is 10.3. The molecule has 0 spiro atoms. The lowest BCUT2D eigenvalue weighted by molar-refractivity contribution is 0.0698. The summed E-state index contributed by atoms with van der Waals surface area (Å²) in [6, 6.07) is 3.04. The Morgan fingerprint density at radius 3 is 2.69 bits per heavy atom. The van der Waals surface area contributed by atoms with Crippen LogP contribution in [0.15, 0.2) is 16.6 Å². The predicted molar refractivity (Wildman–Crippen MR) is 55.7 cm³/mol. The molecule has 1 rings (SSSR count). The van der Waals surface area contributed by atoms with Gasteiger partial charge in [0, 0.05) is 16.5 Å². The molecule has 2 N–H and O–H groups in total. The van der Waals surface area contributed by atoms with Crippen LogP contribution in [-0.4, -0.2) is 18.1 Å². The number of hydrogen-bond donors (Lipinski definition) is 2. The Balaban J connectivity index is 3.38. The van der Waals surface area contributed by atoms with Gasteiger partial charge in [0.25, 0.3) is 0 Å². The molecular weight excluding hydrogens is 257 g/mol. The number of benzene rings is 1. The zero-order chi connectivity index (χ0) is 10.0. The number of rotatable bonds is 2. The molecule has 0 amide bonds. The minimum atomic E-state index is -1.01. The van der Waals surface area contributed by atoms with E-state index in [1.807, 2.05) is 0 Å². The fourth-order valence-corrected chi connectivity index (χ4v) is 2.00. The first-order valence-corrected chi connectivity index (χ1v) is 4.63. The van der Waals surface area contributed by atoms with Crippen LogP contribution in [0.1, 0.15) is 10.4 Å². The van der Waals surface area contributed by atoms with E-state index in [9.17, 15) is 4.79 Å². The summed E-state index contributed by atoms with van der Waals surface area (Å²) < 4.78 is 0.639. The lowest BCUT2D eigenvalue weighted by Crippen LogP contribution is -2.03. The van der Waals surface area contributed by atoms with Gasteiger partial charge in [-0.3, -0.25) is 0 Å². The molecule has 0 saturated heterocycles. The van der Waals surface area contributed by atoms with Gasteiger partial charge in [-0.2, -0.15) is 0 Å². The van der Waals surface area contributed by atoms with Crippen molar-refractivity contribution in [2.45, 2.75) is 0 Å². The predicted octanol–water partition coefficient (Wildman–Crippen LogP) is 2.84. The molecule has 0 aliphatic rings. The van der Waals surface area contributed by atoms with Gasteiger partial charge in [0.2, 0.25) is 0 Å². The first-order valence-electron chi connectivity index (χ1n) is 3.46. The van der Waals surface area contributed by atoms with Crippen molar-refractivity contribution in [1.82, 2.24) is 0 Å². The summed E-state index contributed by atoms with van der Waals surface area (Å²) in [6.45, 7) is 0. The number of hydrogen-bond acceptors (Lipinski definition) is 2. The molecule has 1 aromatic rings. The molecule has 3 nitrogen and oxygen atoms in total. The summed E-state index contributed by atoms with van der Waals surface area (Å²) >= 11 is 8.92. The van der Waals surface area contributed by atoms with Crippen molar-refractivity contribution in [3.63, 3.8) is 0 Å². The van der Waals surface area contributed by atoms with Crippen LogP contribution < -0.4 is 5.32 Å². The van der Waals surface area contributed by atoms with Crippen molar-refractivity contribution >= 4 is 39.2 Å². The Bertz CT molecular complexity index is 354. The van der Waals surface area contributed by atoms with Crippen molar-refractivity contribution in [3.8, 4) is 0 Å². The Morgan fingerprint density at radius 2 is 2.23 bits per heavy atom. The monoisotopic (exact) mass is 263 g/mol. The molecule has 0 unspecified atom stereocenters. The van der Waals surface area contributed by atoms with Crippen LogP contribution in [-0.2, 0) is 0 Å². The maximum atomic E-state index is 10.8. The van der Waals surface area contributed by atoms with Gasteiger partial charge in [0.05, 0.1) is 11.3 Å². The van der Waals surface area contributed by atoms with E-state index < -0.39 is 5.97 Å². The van der Waals surface area contributed by atoms with Crippen molar-refractivity contribution in [1.29, 1.82) is 0 Å². The molecule has 0 aliphatic carbocycles. The van der Waals surface area contributed by atoms with E-state index in [1.165, 1.54) is 6.07 Å². The summed E-state index contributed by atoms with van der Waals surface area (Å²) in [5, 5.41) is 12.0. The number of aromatic carboxylic acids is 1. The lowest BCUT2D eigenvalue weighted by Gasteiger charge is -2.07. The van der Waals surface area contributed by atoms with E-state index in [4.69, 9.17) is 16.7 Å². The second kappa shape index (κ2) is 3.98. The largest absolute Gasteiger partial charge is 0.478 e. The third-order valence-corrected chi connectivity index (χ3v) is 2.38. The summed E-state index contributed by atoms with van der Waals surface area (Å²) in [6.07, 6.45) is 0. The van der Waals surface area contributed by atoms with Crippen LogP contribution >= 0.6 is 27.5 Å². The number of halogens is 2. The van der Waals surface area contributed by atoms with Crippen molar-refractivity contribution in [3.05, 3.63) is 27.2 Å². The molecule has 0 saturated carbocycles. The second-order valence-corrected chi connectivity index (χ2v) is 3.66. The van der Waals surface area contributed by atoms with Crippen molar-refractivity contribution in [2.24, 2.45) is 0 Å². The molecule has 0 bridgehead atoms. The third kappa shape index (κ3) is 2.14. The topological polar surface area (TPSA) is 49.3 Å². The number of anilines is 1. The first-order chi connectivity index (χ1) is 6.06. The average molecular weight is 265 g/mol. The molecule has 0 radical (unpaired) electrons. The highest BCUT2D eigenvalue weighted by atomic mass is 79.9. The smallest absolute Gasteiger partial charge is 0.337 e. The zero-order valence-electron chi connectivity index (χ0n) is 6.77. The molecule has 0 fully saturated rings. The van der Waals surface area contributed by atoms with E-state index >= 15 is 0 Å². The van der Waals surface area contributed by atoms with Crippen LogP contribution in [0.4, 0.5) is 5.69 Å². The van der Waals surface area contributed by atoms with Gasteiger partial charge >= 0.3 is 5.97 Å². The molecule has 0 aromatic heterocycles. The SMILES string of the molecule is CNc1c(Br)cc(Cl)cc1C(=O)O. The van der Waals surface area contributed by atoms with Gasteiger partial charge in [0.1, 0.15) is 0 Å². The Morgan fingerprint density at radius 1 is 1.62 bits per heavy atom. The van der Waals surface area contributed by atoms with Crippen LogP contribution in [0.3, 0.4) is 0 Å². The van der Waals surface area contributed by atoms with Gasteiger partial charge in [-0.05, 0) is 28.1 Å². The van der Waals surface area contributed by atoms with Crippen LogP contribution in [0.25, 0.3) is 0 Å². The van der Waals surface area contributed by atoms with Gasteiger partial charge < -0.3 is 10.4 Å². The highest BCUT2D eigenvalue weighted by Crippen LogP contribution is 2.30. The van der Waals surface area contributed by atoms with Crippen LogP contribution in [0.5, 0.6) is 0 Å². The highest BCUT2D eigenvalue weighted by Gasteiger charge is 2.12. The van der Waals surface area contributed by atoms with Crippen molar-refractivity contribution in [2.75, 3.05) is 12.4 Å². The number of nitrogens with one attached hydrogen (secondary N) is 1. The number of carboxylic acids is 1. The fourth-order valence-electron chi connectivity index (χ4n) is 0.996. The van der Waals surface area contributed by atoms with E-state index in [0.29, 0.717) is 15.2 Å². The Labute approximate surface area is 88.8 Å². The van der Waals surface area contributed by atoms with Gasteiger partial charge in [0.15, 0.2) is 0 Å². The number of carboxylic acid groups (broad SMARTS) is 1. The summed E-state index contributed by atoms with van der Waals surface area (Å²) in [4.78, 5) is 10.8. The second-order valence-electron chi connectivity index (χ2n) is 2.37. The Kier molecular flexibility index (Phi) is 3.17. The van der Waals surface area contributed by atoms with Crippen LogP contribution in [0.2, 0.25) is 5.02 Å². The minimum absolute atomic E-state index is 0.155. The molecular formula is C8H7BrClNO2. The van der Waals surface area contributed by atoms with E-state index in [-0.39, 0.29) is 5.56 Å². The zero-order valence-corrected chi connectivity index (χ0v) is 9.11.